The van der Waals surface area contributed by atoms with Crippen LogP contribution in [-0.2, 0) is 11.3 Å². The Morgan fingerprint density at radius 2 is 2.12 bits per heavy atom. The van der Waals surface area contributed by atoms with Gasteiger partial charge in [-0.3, -0.25) is 15.1 Å². The maximum absolute atomic E-state index is 13.4. The number of amides is 1. The third kappa shape index (κ3) is 3.60. The van der Waals surface area contributed by atoms with E-state index < -0.39 is 0 Å². The largest absolute Gasteiger partial charge is 0.298 e. The first-order valence-corrected chi connectivity index (χ1v) is 8.89. The van der Waals surface area contributed by atoms with Crippen molar-refractivity contribution in [2.45, 2.75) is 19.4 Å². The number of para-hydroxylation sites is 2. The Morgan fingerprint density at radius 3 is 3.00 bits per heavy atom. The maximum atomic E-state index is 13.4. The van der Waals surface area contributed by atoms with E-state index in [1.165, 1.54) is 6.07 Å². The van der Waals surface area contributed by atoms with Crippen molar-refractivity contribution in [3.63, 3.8) is 0 Å². The Morgan fingerprint density at radius 1 is 1.23 bits per heavy atom. The molecule has 1 aliphatic heterocycles. The zero-order chi connectivity index (χ0) is 17.9. The average Bonchev–Trinajstić information content (AvgIpc) is 3.05. The van der Waals surface area contributed by atoms with Crippen LogP contribution in [0.1, 0.15) is 18.4 Å². The highest BCUT2D eigenvalue weighted by Gasteiger charge is 2.26. The minimum absolute atomic E-state index is 0.00269. The Balaban J connectivity index is 1.41. The maximum Gasteiger partial charge on any atom is 0.243 e. The van der Waals surface area contributed by atoms with E-state index in [2.05, 4.69) is 15.3 Å². The monoisotopic (exact) mass is 352 g/mol. The minimum atomic E-state index is -0.221. The van der Waals surface area contributed by atoms with Gasteiger partial charge in [-0.15, -0.1) is 0 Å². The molecule has 6 heteroatoms. The van der Waals surface area contributed by atoms with E-state index in [-0.39, 0.29) is 17.6 Å². The molecule has 0 bridgehead atoms. The molecule has 1 aromatic heterocycles. The summed E-state index contributed by atoms with van der Waals surface area (Å²) < 4.78 is 15.1. The highest BCUT2D eigenvalue weighted by atomic mass is 19.1. The summed E-state index contributed by atoms with van der Waals surface area (Å²) in [5.41, 5.74) is 5.63. The Kier molecular flexibility index (Phi) is 4.67. The fourth-order valence-electron chi connectivity index (χ4n) is 3.56. The first-order valence-electron chi connectivity index (χ1n) is 8.89. The van der Waals surface area contributed by atoms with Crippen molar-refractivity contribution in [1.29, 1.82) is 0 Å². The average molecular weight is 352 g/mol. The molecule has 1 amide bonds. The van der Waals surface area contributed by atoms with Crippen LogP contribution in [0.15, 0.2) is 54.9 Å². The molecule has 1 N–H and O–H groups in total. The van der Waals surface area contributed by atoms with Crippen molar-refractivity contribution in [2.24, 2.45) is 5.92 Å². The second-order valence-corrected chi connectivity index (χ2v) is 6.78. The number of aromatic nitrogens is 2. The summed E-state index contributed by atoms with van der Waals surface area (Å²) in [7, 11) is 0. The van der Waals surface area contributed by atoms with Crippen LogP contribution in [0.2, 0.25) is 0 Å². The lowest BCUT2D eigenvalue weighted by atomic mass is 9.97. The predicted octanol–water partition coefficient (Wildman–Crippen LogP) is 3.16. The summed E-state index contributed by atoms with van der Waals surface area (Å²) in [4.78, 5) is 19.2. The third-order valence-corrected chi connectivity index (χ3v) is 4.86. The second kappa shape index (κ2) is 7.25. The number of carbonyl (C=O) groups excluding carboxylic acids is 1. The van der Waals surface area contributed by atoms with Crippen LogP contribution in [-0.4, -0.2) is 33.6 Å². The van der Waals surface area contributed by atoms with Gasteiger partial charge in [-0.1, -0.05) is 24.3 Å². The standard InChI is InChI=1S/C20H21FN4O/c21-17-7-3-5-15(11-17)12-24-10-4-6-16(13-24)20(26)23-25-14-22-18-8-1-2-9-19(18)25/h1-3,5,7-9,11,14,16H,4,6,10,12-13H2,(H,23,26). The first kappa shape index (κ1) is 16.7. The summed E-state index contributed by atoms with van der Waals surface area (Å²) in [6.07, 6.45) is 3.45. The zero-order valence-electron chi connectivity index (χ0n) is 14.4. The molecule has 2 heterocycles. The third-order valence-electron chi connectivity index (χ3n) is 4.86. The van der Waals surface area contributed by atoms with E-state index in [0.717, 1.165) is 36.0 Å². The van der Waals surface area contributed by atoms with Gasteiger partial charge in [0.1, 0.15) is 12.1 Å². The molecule has 0 aliphatic carbocycles. The van der Waals surface area contributed by atoms with Crippen LogP contribution in [0.5, 0.6) is 0 Å². The topological polar surface area (TPSA) is 50.2 Å². The molecular weight excluding hydrogens is 331 g/mol. The van der Waals surface area contributed by atoms with Crippen LogP contribution in [0.25, 0.3) is 11.0 Å². The van der Waals surface area contributed by atoms with Gasteiger partial charge in [0, 0.05) is 13.1 Å². The summed E-state index contributed by atoms with van der Waals surface area (Å²) in [6.45, 7) is 2.26. The van der Waals surface area contributed by atoms with Crippen LogP contribution < -0.4 is 5.43 Å². The number of piperidine rings is 1. The number of nitrogens with zero attached hydrogens (tertiary/aromatic N) is 3. The second-order valence-electron chi connectivity index (χ2n) is 6.78. The van der Waals surface area contributed by atoms with Gasteiger partial charge >= 0.3 is 0 Å². The Labute approximate surface area is 151 Å². The number of halogens is 1. The molecule has 0 saturated carbocycles. The van der Waals surface area contributed by atoms with E-state index in [4.69, 9.17) is 0 Å². The van der Waals surface area contributed by atoms with E-state index >= 15 is 0 Å². The van der Waals surface area contributed by atoms with Gasteiger partial charge in [0.15, 0.2) is 0 Å². The SMILES string of the molecule is O=C(Nn1cnc2ccccc21)C1CCCN(Cc2cccc(F)c2)C1. The quantitative estimate of drug-likeness (QED) is 0.785. The Hall–Kier alpha value is -2.73. The fourth-order valence-corrected chi connectivity index (χ4v) is 3.56. The fraction of sp³-hybridized carbons (Fsp3) is 0.300. The van der Waals surface area contributed by atoms with E-state index in [1.807, 2.05) is 30.3 Å². The van der Waals surface area contributed by atoms with Crippen molar-refractivity contribution in [1.82, 2.24) is 14.6 Å². The number of fused-ring (bicyclic) bond motifs is 1. The molecule has 1 aliphatic rings. The lowest BCUT2D eigenvalue weighted by Gasteiger charge is -2.32. The number of likely N-dealkylation sites (tertiary alicyclic amines) is 1. The van der Waals surface area contributed by atoms with Gasteiger partial charge in [0.25, 0.3) is 0 Å². The normalized spacial score (nSPS) is 18.1. The molecule has 3 aromatic rings. The van der Waals surface area contributed by atoms with Crippen LogP contribution >= 0.6 is 0 Å². The molecule has 2 aromatic carbocycles. The number of hydrogen-bond donors (Lipinski definition) is 1. The van der Waals surface area contributed by atoms with Crippen LogP contribution in [0.4, 0.5) is 4.39 Å². The summed E-state index contributed by atoms with van der Waals surface area (Å²) in [6, 6.07) is 14.3. The highest BCUT2D eigenvalue weighted by molar-refractivity contribution is 5.88. The van der Waals surface area contributed by atoms with Crippen molar-refractivity contribution in [3.05, 3.63) is 66.2 Å². The predicted molar refractivity (Wildman–Crippen MR) is 98.5 cm³/mol. The van der Waals surface area contributed by atoms with E-state index in [9.17, 15) is 9.18 Å². The minimum Gasteiger partial charge on any atom is -0.298 e. The number of nitrogens with one attached hydrogen (secondary N) is 1. The molecule has 5 nitrogen and oxygen atoms in total. The number of benzene rings is 2. The lowest BCUT2D eigenvalue weighted by Crippen LogP contribution is -2.41. The summed E-state index contributed by atoms with van der Waals surface area (Å²) >= 11 is 0. The van der Waals surface area contributed by atoms with Crippen molar-refractivity contribution in [3.8, 4) is 0 Å². The molecule has 134 valence electrons. The molecular formula is C20H21FN4O. The molecule has 0 spiro atoms. The summed E-state index contributed by atoms with van der Waals surface area (Å²) in [5, 5.41) is 0. The molecule has 1 atom stereocenters. The van der Waals surface area contributed by atoms with Crippen molar-refractivity contribution in [2.75, 3.05) is 18.5 Å². The highest BCUT2D eigenvalue weighted by Crippen LogP contribution is 2.20. The molecule has 26 heavy (non-hydrogen) atoms. The molecule has 1 saturated heterocycles. The molecule has 1 unspecified atom stereocenters. The number of rotatable bonds is 4. The Bertz CT molecular complexity index is 923. The van der Waals surface area contributed by atoms with E-state index in [1.54, 1.807) is 23.1 Å². The first-order chi connectivity index (χ1) is 12.7. The van der Waals surface area contributed by atoms with E-state index in [0.29, 0.717) is 13.1 Å². The van der Waals surface area contributed by atoms with Crippen LogP contribution in [0.3, 0.4) is 0 Å². The van der Waals surface area contributed by atoms with Gasteiger partial charge < -0.3 is 0 Å². The lowest BCUT2D eigenvalue weighted by molar-refractivity contribution is -0.122. The van der Waals surface area contributed by atoms with Gasteiger partial charge in [-0.05, 0) is 49.2 Å². The van der Waals surface area contributed by atoms with Gasteiger partial charge in [-0.25, -0.2) is 14.1 Å². The smallest absolute Gasteiger partial charge is 0.243 e. The summed E-state index contributed by atoms with van der Waals surface area (Å²) in [5.74, 6) is -0.309. The number of carbonyl (C=O) groups is 1. The number of hydrogen-bond acceptors (Lipinski definition) is 3. The van der Waals surface area contributed by atoms with Crippen molar-refractivity contribution < 1.29 is 9.18 Å². The molecule has 0 radical (unpaired) electrons. The molecule has 1 fully saturated rings. The van der Waals surface area contributed by atoms with Crippen LogP contribution in [0, 0.1) is 11.7 Å². The van der Waals surface area contributed by atoms with Crippen molar-refractivity contribution >= 4 is 16.9 Å². The zero-order valence-corrected chi connectivity index (χ0v) is 14.4. The van der Waals surface area contributed by atoms with Gasteiger partial charge in [0.05, 0.1) is 17.0 Å². The number of imidazole rings is 1. The van der Waals surface area contributed by atoms with Gasteiger partial charge in [-0.2, -0.15) is 0 Å². The van der Waals surface area contributed by atoms with Gasteiger partial charge in [0.2, 0.25) is 5.91 Å². The molecule has 4 rings (SSSR count).